The van der Waals surface area contributed by atoms with Crippen molar-refractivity contribution in [3.63, 3.8) is 0 Å². The Morgan fingerprint density at radius 1 is 1.23 bits per heavy atom. The van der Waals surface area contributed by atoms with Gasteiger partial charge in [-0.1, -0.05) is 0 Å². The van der Waals surface area contributed by atoms with Crippen LogP contribution in [0, 0.1) is 0 Å². The Hall–Kier alpha value is 0.120. The van der Waals surface area contributed by atoms with Crippen LogP contribution in [0.3, 0.4) is 0 Å². The SMILES string of the molecule is CC(F)(CS(C)(=O)=O)CS(=O)(=O)Cl. The van der Waals surface area contributed by atoms with Crippen LogP contribution < -0.4 is 0 Å². The van der Waals surface area contributed by atoms with Gasteiger partial charge < -0.3 is 0 Å². The first kappa shape index (κ1) is 13.1. The maximum Gasteiger partial charge on any atom is 0.235 e. The Bertz CT molecular complexity index is 333. The second-order valence-electron chi connectivity index (χ2n) is 3.17. The van der Waals surface area contributed by atoms with Gasteiger partial charge in [-0.15, -0.1) is 0 Å². The van der Waals surface area contributed by atoms with E-state index in [9.17, 15) is 21.2 Å². The van der Waals surface area contributed by atoms with E-state index < -0.39 is 36.1 Å². The summed E-state index contributed by atoms with van der Waals surface area (Å²) in [5, 5.41) is 0. The lowest BCUT2D eigenvalue weighted by Gasteiger charge is -2.16. The zero-order valence-corrected chi connectivity index (χ0v) is 9.51. The monoisotopic (exact) mass is 252 g/mol. The van der Waals surface area contributed by atoms with E-state index >= 15 is 0 Å². The molecule has 0 aromatic carbocycles. The van der Waals surface area contributed by atoms with Crippen LogP contribution in [0.4, 0.5) is 4.39 Å². The number of rotatable bonds is 4. The van der Waals surface area contributed by atoms with Gasteiger partial charge in [-0.25, -0.2) is 21.2 Å². The maximum atomic E-state index is 13.2. The second-order valence-corrected chi connectivity index (χ2v) is 8.08. The van der Waals surface area contributed by atoms with Crippen LogP contribution in [-0.4, -0.2) is 40.3 Å². The molecule has 0 amide bonds. The number of halogens is 2. The zero-order valence-electron chi connectivity index (χ0n) is 7.12. The highest BCUT2D eigenvalue weighted by atomic mass is 35.7. The molecule has 0 aromatic heterocycles. The Labute approximate surface area is 81.4 Å². The molecule has 1 atom stereocenters. The minimum Gasteiger partial charge on any atom is -0.242 e. The fraction of sp³-hybridized carbons (Fsp3) is 1.00. The lowest BCUT2D eigenvalue weighted by atomic mass is 10.2. The van der Waals surface area contributed by atoms with E-state index in [1.807, 2.05) is 0 Å². The van der Waals surface area contributed by atoms with Crippen LogP contribution >= 0.6 is 10.7 Å². The number of hydrogen-bond donors (Lipinski definition) is 0. The molecule has 80 valence electrons. The molecule has 0 aliphatic rings. The Morgan fingerprint density at radius 2 is 1.62 bits per heavy atom. The molecule has 8 heteroatoms. The van der Waals surface area contributed by atoms with Crippen LogP contribution in [0.25, 0.3) is 0 Å². The maximum absolute atomic E-state index is 13.2. The van der Waals surface area contributed by atoms with Gasteiger partial charge in [0.05, 0.1) is 11.5 Å². The minimum absolute atomic E-state index is 0.825. The molecule has 0 radical (unpaired) electrons. The molecule has 0 fully saturated rings. The largest absolute Gasteiger partial charge is 0.242 e. The van der Waals surface area contributed by atoms with Gasteiger partial charge in [0.25, 0.3) is 0 Å². The second kappa shape index (κ2) is 3.70. The van der Waals surface area contributed by atoms with Gasteiger partial charge in [0, 0.05) is 16.9 Å². The summed E-state index contributed by atoms with van der Waals surface area (Å²) >= 11 is 0. The first-order valence-corrected chi connectivity index (χ1v) is 7.74. The molecule has 0 spiro atoms. The van der Waals surface area contributed by atoms with E-state index in [1.54, 1.807) is 0 Å². The number of hydrogen-bond acceptors (Lipinski definition) is 4. The van der Waals surface area contributed by atoms with E-state index in [0.717, 1.165) is 13.2 Å². The molecule has 0 saturated carbocycles. The van der Waals surface area contributed by atoms with Gasteiger partial charge in [0.2, 0.25) is 9.05 Å². The van der Waals surface area contributed by atoms with Crippen molar-refractivity contribution in [2.45, 2.75) is 12.6 Å². The smallest absolute Gasteiger partial charge is 0.235 e. The van der Waals surface area contributed by atoms with E-state index in [1.165, 1.54) is 0 Å². The minimum atomic E-state index is -4.02. The zero-order chi connectivity index (χ0) is 10.9. The van der Waals surface area contributed by atoms with Crippen molar-refractivity contribution >= 4 is 29.6 Å². The molecule has 0 saturated heterocycles. The summed E-state index contributed by atoms with van der Waals surface area (Å²) in [5.74, 6) is -1.86. The van der Waals surface area contributed by atoms with Gasteiger partial charge in [0.15, 0.2) is 9.84 Å². The highest BCUT2D eigenvalue weighted by Gasteiger charge is 2.33. The summed E-state index contributed by atoms with van der Waals surface area (Å²) in [5.41, 5.74) is -2.34. The van der Waals surface area contributed by atoms with Crippen molar-refractivity contribution in [2.24, 2.45) is 0 Å². The normalized spacial score (nSPS) is 18.2. The summed E-state index contributed by atoms with van der Waals surface area (Å²) in [6.07, 6.45) is 0.825. The first-order chi connectivity index (χ1) is 5.41. The standard InChI is InChI=1S/C5H10ClFO4S2/c1-5(7,3-12(2,8)9)4-13(6,10)11/h3-4H2,1-2H3. The van der Waals surface area contributed by atoms with Crippen molar-refractivity contribution in [1.82, 2.24) is 0 Å². The average Bonchev–Trinajstić information content (AvgIpc) is 1.43. The lowest BCUT2D eigenvalue weighted by molar-refractivity contribution is 0.253. The molecule has 1 unspecified atom stereocenters. The summed E-state index contributed by atoms with van der Waals surface area (Å²) < 4.78 is 55.5. The Morgan fingerprint density at radius 3 is 1.85 bits per heavy atom. The molecule has 13 heavy (non-hydrogen) atoms. The summed E-state index contributed by atoms with van der Waals surface area (Å²) in [6.45, 7) is 0.883. The van der Waals surface area contributed by atoms with E-state index in [4.69, 9.17) is 10.7 Å². The molecule has 0 N–H and O–H groups in total. The van der Waals surface area contributed by atoms with Crippen molar-refractivity contribution < 1.29 is 21.2 Å². The van der Waals surface area contributed by atoms with Gasteiger partial charge >= 0.3 is 0 Å². The summed E-state index contributed by atoms with van der Waals surface area (Å²) in [7, 11) is -2.79. The molecular formula is C5H10ClFO4S2. The first-order valence-electron chi connectivity index (χ1n) is 3.20. The summed E-state index contributed by atoms with van der Waals surface area (Å²) in [6, 6.07) is 0. The van der Waals surface area contributed by atoms with Gasteiger partial charge in [-0.2, -0.15) is 0 Å². The average molecular weight is 253 g/mol. The molecule has 0 aromatic rings. The topological polar surface area (TPSA) is 68.3 Å². The molecular weight excluding hydrogens is 243 g/mol. The van der Waals surface area contributed by atoms with Crippen LogP contribution in [-0.2, 0) is 18.9 Å². The van der Waals surface area contributed by atoms with Gasteiger partial charge in [-0.05, 0) is 6.92 Å². The van der Waals surface area contributed by atoms with Crippen LogP contribution in [0.5, 0.6) is 0 Å². The lowest BCUT2D eigenvalue weighted by Crippen LogP contribution is -2.34. The van der Waals surface area contributed by atoms with Crippen molar-refractivity contribution in [3.05, 3.63) is 0 Å². The number of sulfone groups is 1. The number of alkyl halides is 1. The fourth-order valence-electron chi connectivity index (χ4n) is 0.948. The summed E-state index contributed by atoms with van der Waals surface area (Å²) in [4.78, 5) is 0. The highest BCUT2D eigenvalue weighted by Crippen LogP contribution is 2.17. The van der Waals surface area contributed by atoms with Crippen LogP contribution in [0.1, 0.15) is 6.92 Å². The van der Waals surface area contributed by atoms with E-state index in [-0.39, 0.29) is 0 Å². The highest BCUT2D eigenvalue weighted by molar-refractivity contribution is 8.13. The Balaban J connectivity index is 4.62. The predicted molar refractivity (Wildman–Crippen MR) is 48.9 cm³/mol. The third-order valence-corrected chi connectivity index (χ3v) is 3.44. The molecule has 0 aliphatic heterocycles. The predicted octanol–water partition coefficient (Wildman–Crippen LogP) is 0.328. The third kappa shape index (κ3) is 8.45. The molecule has 0 heterocycles. The molecule has 0 aliphatic carbocycles. The van der Waals surface area contributed by atoms with Crippen LogP contribution in [0.2, 0.25) is 0 Å². The third-order valence-electron chi connectivity index (χ3n) is 1.04. The van der Waals surface area contributed by atoms with E-state index in [0.29, 0.717) is 0 Å². The Kier molecular flexibility index (Phi) is 3.74. The molecule has 4 nitrogen and oxygen atoms in total. The van der Waals surface area contributed by atoms with Crippen molar-refractivity contribution in [3.8, 4) is 0 Å². The van der Waals surface area contributed by atoms with Crippen molar-refractivity contribution in [1.29, 1.82) is 0 Å². The quantitative estimate of drug-likeness (QED) is 0.676. The van der Waals surface area contributed by atoms with Gasteiger partial charge in [0.1, 0.15) is 5.67 Å². The fourth-order valence-corrected chi connectivity index (χ4v) is 3.78. The van der Waals surface area contributed by atoms with Crippen molar-refractivity contribution in [2.75, 3.05) is 17.8 Å². The molecule has 0 bridgehead atoms. The van der Waals surface area contributed by atoms with E-state index in [2.05, 4.69) is 0 Å². The van der Waals surface area contributed by atoms with Crippen LogP contribution in [0.15, 0.2) is 0 Å². The molecule has 0 rings (SSSR count). The van der Waals surface area contributed by atoms with Gasteiger partial charge in [-0.3, -0.25) is 0 Å².